The van der Waals surface area contributed by atoms with Crippen molar-refractivity contribution < 1.29 is 4.79 Å². The van der Waals surface area contributed by atoms with E-state index in [2.05, 4.69) is 11.9 Å². The zero-order valence-corrected chi connectivity index (χ0v) is 11.2. The van der Waals surface area contributed by atoms with Crippen LogP contribution < -0.4 is 5.32 Å². The SMILES string of the molecule is C=C/C(=C\C=C(C)C)NC(=O)/C=C/CN(C)C. The number of carbonyl (C=O) groups excluding carboxylic acids is 1. The summed E-state index contributed by atoms with van der Waals surface area (Å²) in [7, 11) is 3.90. The largest absolute Gasteiger partial charge is 0.323 e. The minimum atomic E-state index is -0.139. The minimum Gasteiger partial charge on any atom is -0.323 e. The molecule has 0 fully saturated rings. The van der Waals surface area contributed by atoms with E-state index in [-0.39, 0.29) is 5.91 Å². The standard InChI is InChI=1S/C14H22N2O/c1-6-13(10-9-12(2)3)15-14(17)8-7-11-16(4)5/h6-10H,1,11H2,2-5H3,(H,15,17)/b8-7+,13-10+. The molecule has 0 bridgehead atoms. The Morgan fingerprint density at radius 3 is 2.41 bits per heavy atom. The van der Waals surface area contributed by atoms with Crippen LogP contribution in [-0.4, -0.2) is 31.4 Å². The van der Waals surface area contributed by atoms with E-state index in [1.54, 1.807) is 6.08 Å². The van der Waals surface area contributed by atoms with Gasteiger partial charge in [0.05, 0.1) is 0 Å². The fourth-order valence-electron chi connectivity index (χ4n) is 0.972. The lowest BCUT2D eigenvalue weighted by Crippen LogP contribution is -2.19. The molecule has 0 heterocycles. The van der Waals surface area contributed by atoms with E-state index in [1.807, 2.05) is 51.1 Å². The van der Waals surface area contributed by atoms with Gasteiger partial charge in [-0.3, -0.25) is 4.79 Å². The van der Waals surface area contributed by atoms with Gasteiger partial charge in [0.1, 0.15) is 0 Å². The number of carbonyl (C=O) groups is 1. The molecule has 3 heteroatoms. The molecule has 1 amide bonds. The molecule has 3 nitrogen and oxygen atoms in total. The lowest BCUT2D eigenvalue weighted by Gasteiger charge is -2.04. The predicted octanol–water partition coefficient (Wildman–Crippen LogP) is 2.26. The lowest BCUT2D eigenvalue weighted by molar-refractivity contribution is -0.115. The molecule has 0 aromatic rings. The van der Waals surface area contributed by atoms with Crippen LogP contribution in [0.5, 0.6) is 0 Å². The summed E-state index contributed by atoms with van der Waals surface area (Å²) in [5.41, 5.74) is 1.87. The molecular formula is C14H22N2O. The molecule has 94 valence electrons. The molecule has 0 saturated carbocycles. The van der Waals surface area contributed by atoms with Crippen molar-refractivity contribution in [1.82, 2.24) is 10.2 Å². The average molecular weight is 234 g/mol. The number of amides is 1. The van der Waals surface area contributed by atoms with E-state index < -0.39 is 0 Å². The predicted molar refractivity (Wildman–Crippen MR) is 73.5 cm³/mol. The summed E-state index contributed by atoms with van der Waals surface area (Å²) < 4.78 is 0. The van der Waals surface area contributed by atoms with Crippen LogP contribution in [0.15, 0.2) is 48.2 Å². The Kier molecular flexibility index (Phi) is 7.72. The third-order valence-electron chi connectivity index (χ3n) is 1.82. The highest BCUT2D eigenvalue weighted by Crippen LogP contribution is 1.96. The van der Waals surface area contributed by atoms with Gasteiger partial charge in [-0.05, 0) is 40.1 Å². The zero-order valence-electron chi connectivity index (χ0n) is 11.2. The summed E-state index contributed by atoms with van der Waals surface area (Å²) in [6.07, 6.45) is 8.73. The first-order valence-electron chi connectivity index (χ1n) is 5.55. The van der Waals surface area contributed by atoms with Gasteiger partial charge < -0.3 is 10.2 Å². The lowest BCUT2D eigenvalue weighted by atomic mass is 10.3. The number of nitrogens with one attached hydrogen (secondary N) is 1. The van der Waals surface area contributed by atoms with Crippen LogP contribution >= 0.6 is 0 Å². The van der Waals surface area contributed by atoms with Gasteiger partial charge >= 0.3 is 0 Å². The second-order valence-electron chi connectivity index (χ2n) is 4.22. The fourth-order valence-corrected chi connectivity index (χ4v) is 0.972. The van der Waals surface area contributed by atoms with Crippen LogP contribution in [0.1, 0.15) is 13.8 Å². The Morgan fingerprint density at radius 1 is 1.29 bits per heavy atom. The molecule has 0 aromatic heterocycles. The van der Waals surface area contributed by atoms with Gasteiger partial charge in [-0.2, -0.15) is 0 Å². The Hall–Kier alpha value is -1.61. The van der Waals surface area contributed by atoms with E-state index in [0.29, 0.717) is 5.70 Å². The van der Waals surface area contributed by atoms with Crippen LogP contribution in [0, 0.1) is 0 Å². The molecule has 0 rings (SSSR count). The first kappa shape index (κ1) is 15.4. The maximum absolute atomic E-state index is 11.5. The topological polar surface area (TPSA) is 32.3 Å². The van der Waals surface area contributed by atoms with Gasteiger partial charge in [0.15, 0.2) is 0 Å². The van der Waals surface area contributed by atoms with Crippen LogP contribution in [0.25, 0.3) is 0 Å². The highest BCUT2D eigenvalue weighted by Gasteiger charge is 1.96. The number of hydrogen-bond donors (Lipinski definition) is 1. The molecule has 0 spiro atoms. The van der Waals surface area contributed by atoms with Gasteiger partial charge in [0, 0.05) is 18.3 Å². The van der Waals surface area contributed by atoms with Crippen LogP contribution in [0.3, 0.4) is 0 Å². The van der Waals surface area contributed by atoms with Crippen molar-refractivity contribution in [1.29, 1.82) is 0 Å². The Labute approximate surface area is 104 Å². The quantitative estimate of drug-likeness (QED) is 0.565. The van der Waals surface area contributed by atoms with Gasteiger partial charge in [-0.25, -0.2) is 0 Å². The van der Waals surface area contributed by atoms with Crippen LogP contribution in [0.2, 0.25) is 0 Å². The van der Waals surface area contributed by atoms with Crippen molar-refractivity contribution in [2.75, 3.05) is 20.6 Å². The number of likely N-dealkylation sites (N-methyl/N-ethyl adjacent to an activating group) is 1. The summed E-state index contributed by atoms with van der Waals surface area (Å²) >= 11 is 0. The normalized spacial score (nSPS) is 11.7. The molecule has 0 aliphatic carbocycles. The van der Waals surface area contributed by atoms with Gasteiger partial charge in [0.25, 0.3) is 0 Å². The first-order chi connectivity index (χ1) is 7.95. The third kappa shape index (κ3) is 9.33. The van der Waals surface area contributed by atoms with Gasteiger partial charge in [0.2, 0.25) is 5.91 Å². The molecule has 0 atom stereocenters. The Morgan fingerprint density at radius 2 is 1.94 bits per heavy atom. The van der Waals surface area contributed by atoms with E-state index in [0.717, 1.165) is 6.54 Å². The second-order valence-corrected chi connectivity index (χ2v) is 4.22. The molecule has 0 radical (unpaired) electrons. The molecular weight excluding hydrogens is 212 g/mol. The summed E-state index contributed by atoms with van der Waals surface area (Å²) in [5.74, 6) is -0.139. The number of allylic oxidation sites excluding steroid dienone is 4. The number of rotatable bonds is 6. The highest BCUT2D eigenvalue weighted by molar-refractivity contribution is 5.89. The average Bonchev–Trinajstić information content (AvgIpc) is 2.23. The maximum Gasteiger partial charge on any atom is 0.248 e. The van der Waals surface area contributed by atoms with Crippen molar-refractivity contribution in [3.05, 3.63) is 48.2 Å². The molecule has 0 saturated heterocycles. The van der Waals surface area contributed by atoms with E-state index in [9.17, 15) is 4.79 Å². The number of nitrogens with zero attached hydrogens (tertiary/aromatic N) is 1. The number of hydrogen-bond acceptors (Lipinski definition) is 2. The van der Waals surface area contributed by atoms with E-state index >= 15 is 0 Å². The zero-order chi connectivity index (χ0) is 13.3. The summed E-state index contributed by atoms with van der Waals surface area (Å²) in [6, 6.07) is 0. The van der Waals surface area contributed by atoms with Crippen molar-refractivity contribution in [2.24, 2.45) is 0 Å². The smallest absolute Gasteiger partial charge is 0.248 e. The Bertz CT molecular complexity index is 345. The molecule has 0 unspecified atom stereocenters. The summed E-state index contributed by atoms with van der Waals surface area (Å²) in [4.78, 5) is 13.5. The molecule has 1 N–H and O–H groups in total. The van der Waals surface area contributed by atoms with Crippen molar-refractivity contribution in [2.45, 2.75) is 13.8 Å². The molecule has 0 aliphatic rings. The van der Waals surface area contributed by atoms with Gasteiger partial charge in [-0.15, -0.1) is 0 Å². The third-order valence-corrected chi connectivity index (χ3v) is 1.82. The molecule has 0 aliphatic heterocycles. The first-order valence-corrected chi connectivity index (χ1v) is 5.55. The van der Waals surface area contributed by atoms with Crippen molar-refractivity contribution in [3.63, 3.8) is 0 Å². The molecule has 0 aromatic carbocycles. The van der Waals surface area contributed by atoms with Crippen LogP contribution in [0.4, 0.5) is 0 Å². The minimum absolute atomic E-state index is 0.139. The Balaban J connectivity index is 4.35. The van der Waals surface area contributed by atoms with Gasteiger partial charge in [-0.1, -0.05) is 24.3 Å². The highest BCUT2D eigenvalue weighted by atomic mass is 16.1. The monoisotopic (exact) mass is 234 g/mol. The molecule has 17 heavy (non-hydrogen) atoms. The summed E-state index contributed by atoms with van der Waals surface area (Å²) in [6.45, 7) is 8.39. The van der Waals surface area contributed by atoms with E-state index in [1.165, 1.54) is 11.6 Å². The second kappa shape index (κ2) is 8.53. The van der Waals surface area contributed by atoms with E-state index in [4.69, 9.17) is 0 Å². The van der Waals surface area contributed by atoms with Crippen molar-refractivity contribution >= 4 is 5.91 Å². The van der Waals surface area contributed by atoms with Crippen molar-refractivity contribution in [3.8, 4) is 0 Å². The fraction of sp³-hybridized carbons (Fsp3) is 0.357. The van der Waals surface area contributed by atoms with Crippen LogP contribution in [-0.2, 0) is 4.79 Å². The summed E-state index contributed by atoms with van der Waals surface area (Å²) in [5, 5.41) is 2.75. The maximum atomic E-state index is 11.5.